The van der Waals surface area contributed by atoms with E-state index in [9.17, 15) is 22.8 Å². The number of rotatable bonds is 7. The summed E-state index contributed by atoms with van der Waals surface area (Å²) in [7, 11) is 0. The second-order valence-corrected chi connectivity index (χ2v) is 8.13. The summed E-state index contributed by atoms with van der Waals surface area (Å²) in [4.78, 5) is 30.3. The van der Waals surface area contributed by atoms with Crippen LogP contribution in [-0.4, -0.2) is 39.4 Å². The molecule has 2 aromatic rings. The van der Waals surface area contributed by atoms with Crippen molar-refractivity contribution in [2.75, 3.05) is 0 Å². The van der Waals surface area contributed by atoms with Gasteiger partial charge in [-0.25, -0.2) is 4.79 Å². The van der Waals surface area contributed by atoms with Crippen molar-refractivity contribution in [1.29, 1.82) is 0 Å². The Hall–Kier alpha value is -3.31. The van der Waals surface area contributed by atoms with E-state index in [2.05, 4.69) is 25.5 Å². The van der Waals surface area contributed by atoms with E-state index in [-0.39, 0.29) is 42.7 Å². The summed E-state index contributed by atoms with van der Waals surface area (Å²) in [5, 5.41) is 9.50. The van der Waals surface area contributed by atoms with Crippen LogP contribution in [0.2, 0.25) is 0 Å². The number of carbonyl (C=O) groups excluding carboxylic acids is 2. The lowest BCUT2D eigenvalue weighted by atomic mass is 10.1. The van der Waals surface area contributed by atoms with Gasteiger partial charge in [0.2, 0.25) is 11.8 Å². The molecule has 1 saturated carbocycles. The number of carbonyl (C=O) groups is 2. The lowest BCUT2D eigenvalue weighted by Gasteiger charge is -2.22. The van der Waals surface area contributed by atoms with Gasteiger partial charge in [-0.2, -0.15) is 4.98 Å². The average Bonchev–Trinajstić information content (AvgIpc) is 3.50. The van der Waals surface area contributed by atoms with Gasteiger partial charge in [-0.15, -0.1) is 13.2 Å². The Bertz CT molecular complexity index is 973. The first-order valence-electron chi connectivity index (χ1n) is 10.8. The highest BCUT2D eigenvalue weighted by atomic mass is 19.4. The number of benzene rings is 1. The SMILES string of the molecule is O=C(NCc1noc([C@@H]2CCC(=O)N2Cc2ccc(OC(F)(F)F)cc2)n1)NC1CCCC1. The maximum Gasteiger partial charge on any atom is 0.573 e. The molecule has 1 aliphatic heterocycles. The van der Waals surface area contributed by atoms with E-state index in [4.69, 9.17) is 4.52 Å². The highest BCUT2D eigenvalue weighted by Gasteiger charge is 2.36. The van der Waals surface area contributed by atoms with Crippen LogP contribution in [0.25, 0.3) is 0 Å². The summed E-state index contributed by atoms with van der Waals surface area (Å²) in [5.74, 6) is 0.0939. The molecule has 1 atom stereocenters. The molecule has 4 rings (SSSR count). The summed E-state index contributed by atoms with van der Waals surface area (Å²) in [6, 6.07) is 4.79. The molecule has 0 unspecified atom stereocenters. The fraction of sp³-hybridized carbons (Fsp3) is 0.524. The average molecular weight is 467 g/mol. The Kier molecular flexibility index (Phi) is 6.70. The number of likely N-dealkylation sites (tertiary alicyclic amines) is 1. The number of nitrogens with zero attached hydrogens (tertiary/aromatic N) is 3. The largest absolute Gasteiger partial charge is 0.573 e. The molecule has 0 spiro atoms. The van der Waals surface area contributed by atoms with Crippen molar-refractivity contribution >= 4 is 11.9 Å². The molecule has 2 N–H and O–H groups in total. The minimum atomic E-state index is -4.76. The van der Waals surface area contributed by atoms with Crippen LogP contribution in [0.4, 0.5) is 18.0 Å². The zero-order chi connectivity index (χ0) is 23.4. The quantitative estimate of drug-likeness (QED) is 0.644. The van der Waals surface area contributed by atoms with E-state index in [0.717, 1.165) is 25.7 Å². The number of alkyl halides is 3. The Balaban J connectivity index is 1.34. The molecule has 9 nitrogen and oxygen atoms in total. The zero-order valence-corrected chi connectivity index (χ0v) is 17.7. The number of aromatic nitrogens is 2. The van der Waals surface area contributed by atoms with Gasteiger partial charge in [0.25, 0.3) is 0 Å². The zero-order valence-electron chi connectivity index (χ0n) is 17.7. The Morgan fingerprint density at radius 2 is 1.91 bits per heavy atom. The molecule has 0 bridgehead atoms. The lowest BCUT2D eigenvalue weighted by Crippen LogP contribution is -2.40. The van der Waals surface area contributed by atoms with Crippen molar-refractivity contribution in [1.82, 2.24) is 25.7 Å². The van der Waals surface area contributed by atoms with Gasteiger partial charge in [0.1, 0.15) is 11.8 Å². The van der Waals surface area contributed by atoms with E-state index in [0.29, 0.717) is 24.2 Å². The van der Waals surface area contributed by atoms with Crippen LogP contribution in [0, 0.1) is 0 Å². The number of hydrogen-bond donors (Lipinski definition) is 2. The van der Waals surface area contributed by atoms with E-state index < -0.39 is 12.4 Å². The van der Waals surface area contributed by atoms with Gasteiger partial charge in [-0.1, -0.05) is 30.1 Å². The molecule has 1 aromatic carbocycles. The first-order chi connectivity index (χ1) is 15.8. The molecular formula is C21H24F3N5O4. The monoisotopic (exact) mass is 467 g/mol. The van der Waals surface area contributed by atoms with Crippen molar-refractivity contribution in [3.63, 3.8) is 0 Å². The van der Waals surface area contributed by atoms with Crippen LogP contribution in [0.3, 0.4) is 0 Å². The van der Waals surface area contributed by atoms with Gasteiger partial charge in [0.15, 0.2) is 5.82 Å². The fourth-order valence-corrected chi connectivity index (χ4v) is 4.12. The first-order valence-corrected chi connectivity index (χ1v) is 10.8. The standard InChI is InChI=1S/C21H24F3N5O4/c22-21(23,24)32-15-7-5-13(6-8-15)12-29-16(9-10-18(29)30)19-27-17(28-33-19)11-25-20(31)26-14-3-1-2-4-14/h5-8,14,16H,1-4,9-12H2,(H2,25,26,31)/t16-/m0/s1. The number of urea groups is 1. The molecule has 2 heterocycles. The summed E-state index contributed by atoms with van der Waals surface area (Å²) in [6.45, 7) is 0.263. The van der Waals surface area contributed by atoms with Crippen molar-refractivity contribution in [3.8, 4) is 5.75 Å². The fourth-order valence-electron chi connectivity index (χ4n) is 4.12. The van der Waals surface area contributed by atoms with Crippen LogP contribution in [0.1, 0.15) is 61.8 Å². The highest BCUT2D eigenvalue weighted by Crippen LogP contribution is 2.33. The van der Waals surface area contributed by atoms with E-state index in [1.165, 1.54) is 24.3 Å². The Labute approximate surface area is 187 Å². The molecule has 1 saturated heterocycles. The third kappa shape index (κ3) is 6.14. The normalized spacial score (nSPS) is 19.2. The Morgan fingerprint density at radius 3 is 2.61 bits per heavy atom. The van der Waals surface area contributed by atoms with Crippen molar-refractivity contribution in [3.05, 3.63) is 41.5 Å². The molecule has 12 heteroatoms. The van der Waals surface area contributed by atoms with Gasteiger partial charge >= 0.3 is 12.4 Å². The molecule has 0 radical (unpaired) electrons. The summed E-state index contributed by atoms with van der Waals surface area (Å²) in [5.41, 5.74) is 0.634. The van der Waals surface area contributed by atoms with E-state index in [1.807, 2.05) is 0 Å². The maximum atomic E-state index is 12.4. The summed E-state index contributed by atoms with van der Waals surface area (Å²) >= 11 is 0. The number of ether oxygens (including phenoxy) is 1. The van der Waals surface area contributed by atoms with Gasteiger partial charge in [-0.3, -0.25) is 4.79 Å². The van der Waals surface area contributed by atoms with Gasteiger partial charge in [0, 0.05) is 19.0 Å². The van der Waals surface area contributed by atoms with Crippen LogP contribution in [0.5, 0.6) is 5.75 Å². The van der Waals surface area contributed by atoms with Crippen molar-refractivity contribution in [2.24, 2.45) is 0 Å². The molecule has 178 valence electrons. The second kappa shape index (κ2) is 9.67. The van der Waals surface area contributed by atoms with Crippen molar-refractivity contribution < 1.29 is 32.0 Å². The predicted molar refractivity (Wildman–Crippen MR) is 108 cm³/mol. The Morgan fingerprint density at radius 1 is 1.18 bits per heavy atom. The highest BCUT2D eigenvalue weighted by molar-refractivity contribution is 5.78. The first kappa shape index (κ1) is 22.9. The molecular weight excluding hydrogens is 443 g/mol. The van der Waals surface area contributed by atoms with Crippen LogP contribution >= 0.6 is 0 Å². The third-order valence-electron chi connectivity index (χ3n) is 5.70. The topological polar surface area (TPSA) is 110 Å². The molecule has 3 amide bonds. The smallest absolute Gasteiger partial charge is 0.406 e. The van der Waals surface area contributed by atoms with Gasteiger partial charge < -0.3 is 24.8 Å². The summed E-state index contributed by atoms with van der Waals surface area (Å²) < 4.78 is 46.2. The van der Waals surface area contributed by atoms with E-state index in [1.54, 1.807) is 4.90 Å². The number of hydrogen-bond acceptors (Lipinski definition) is 6. The number of nitrogens with one attached hydrogen (secondary N) is 2. The van der Waals surface area contributed by atoms with Crippen molar-refractivity contribution in [2.45, 2.75) is 70.1 Å². The molecule has 2 fully saturated rings. The van der Waals surface area contributed by atoms with Crippen LogP contribution < -0.4 is 15.4 Å². The molecule has 2 aliphatic rings. The van der Waals surface area contributed by atoms with Gasteiger partial charge in [-0.05, 0) is 37.0 Å². The molecule has 1 aliphatic carbocycles. The number of halogens is 3. The molecule has 1 aromatic heterocycles. The summed E-state index contributed by atoms with van der Waals surface area (Å²) in [6.07, 6.45) is 0.180. The van der Waals surface area contributed by atoms with E-state index >= 15 is 0 Å². The second-order valence-electron chi connectivity index (χ2n) is 8.13. The maximum absolute atomic E-state index is 12.4. The predicted octanol–water partition coefficient (Wildman–Crippen LogP) is 3.57. The third-order valence-corrected chi connectivity index (χ3v) is 5.70. The lowest BCUT2D eigenvalue weighted by molar-refractivity contribution is -0.274. The number of amides is 3. The minimum Gasteiger partial charge on any atom is -0.406 e. The van der Waals surface area contributed by atoms with Crippen LogP contribution in [0.15, 0.2) is 28.8 Å². The molecule has 33 heavy (non-hydrogen) atoms. The minimum absolute atomic E-state index is 0.0867. The van der Waals surface area contributed by atoms with Crippen LogP contribution in [-0.2, 0) is 17.9 Å². The van der Waals surface area contributed by atoms with Gasteiger partial charge in [0.05, 0.1) is 6.54 Å².